The Kier molecular flexibility index (Phi) is 4.48. The molecule has 0 fully saturated rings. The number of hydrogen-bond acceptors (Lipinski definition) is 3. The minimum atomic E-state index is -4.68. The monoisotopic (exact) mass is 295 g/mol. The SMILES string of the molecule is N#Cc1ccc(CCl)c(C(=O)O)c1SC(F)(F)F. The molecule has 18 heavy (non-hydrogen) atoms. The van der Waals surface area contributed by atoms with E-state index in [-0.39, 0.29) is 17.0 Å². The van der Waals surface area contributed by atoms with Crippen LogP contribution in [0.1, 0.15) is 21.5 Å². The first-order valence-electron chi connectivity index (χ1n) is 4.41. The fourth-order valence-corrected chi connectivity index (χ4v) is 2.28. The summed E-state index contributed by atoms with van der Waals surface area (Å²) in [4.78, 5) is 10.4. The first-order valence-corrected chi connectivity index (χ1v) is 5.76. The number of aromatic carboxylic acids is 1. The van der Waals surface area contributed by atoms with E-state index in [1.54, 1.807) is 0 Å². The van der Waals surface area contributed by atoms with Crippen LogP contribution in [0.4, 0.5) is 13.2 Å². The summed E-state index contributed by atoms with van der Waals surface area (Å²) in [6.45, 7) is 0. The second-order valence-corrected chi connectivity index (χ2v) is 4.42. The summed E-state index contributed by atoms with van der Waals surface area (Å²) in [6, 6.07) is 3.89. The smallest absolute Gasteiger partial charge is 0.446 e. The molecule has 0 spiro atoms. The van der Waals surface area contributed by atoms with Crippen molar-refractivity contribution in [3.05, 3.63) is 28.8 Å². The number of thioether (sulfide) groups is 1. The summed E-state index contributed by atoms with van der Waals surface area (Å²) >= 11 is 4.85. The predicted molar refractivity (Wildman–Crippen MR) is 59.6 cm³/mol. The van der Waals surface area contributed by atoms with Crippen LogP contribution in [0.3, 0.4) is 0 Å². The first kappa shape index (κ1) is 14.7. The quantitative estimate of drug-likeness (QED) is 0.683. The van der Waals surface area contributed by atoms with Gasteiger partial charge in [-0.15, -0.1) is 11.6 Å². The molecule has 0 bridgehead atoms. The molecule has 0 aliphatic carbocycles. The zero-order valence-electron chi connectivity index (χ0n) is 8.58. The Labute approximate surface area is 109 Å². The Morgan fingerprint density at radius 2 is 2.11 bits per heavy atom. The average Bonchev–Trinajstić information content (AvgIpc) is 2.25. The van der Waals surface area contributed by atoms with E-state index in [9.17, 15) is 18.0 Å². The van der Waals surface area contributed by atoms with Crippen molar-refractivity contribution < 1.29 is 23.1 Å². The van der Waals surface area contributed by atoms with Crippen LogP contribution in [0.5, 0.6) is 0 Å². The molecule has 8 heteroatoms. The maximum absolute atomic E-state index is 12.4. The molecule has 0 atom stereocenters. The molecule has 1 rings (SSSR count). The van der Waals surface area contributed by atoms with Gasteiger partial charge in [0.1, 0.15) is 6.07 Å². The van der Waals surface area contributed by atoms with Crippen LogP contribution in [0.2, 0.25) is 0 Å². The molecule has 0 heterocycles. The third-order valence-electron chi connectivity index (χ3n) is 1.94. The summed E-state index contributed by atoms with van der Waals surface area (Å²) in [5.74, 6) is -1.80. The van der Waals surface area contributed by atoms with Crippen molar-refractivity contribution in [3.63, 3.8) is 0 Å². The molecule has 0 unspecified atom stereocenters. The predicted octanol–water partition coefficient (Wildman–Crippen LogP) is 3.61. The molecule has 0 amide bonds. The van der Waals surface area contributed by atoms with Crippen LogP contribution >= 0.6 is 23.4 Å². The van der Waals surface area contributed by atoms with Crippen molar-refractivity contribution in [1.29, 1.82) is 5.26 Å². The molecule has 0 saturated carbocycles. The number of nitrogens with zero attached hydrogens (tertiary/aromatic N) is 1. The van der Waals surface area contributed by atoms with Gasteiger partial charge in [0.25, 0.3) is 0 Å². The highest BCUT2D eigenvalue weighted by atomic mass is 35.5. The lowest BCUT2D eigenvalue weighted by atomic mass is 10.1. The molecule has 0 radical (unpaired) electrons. The average molecular weight is 296 g/mol. The summed E-state index contributed by atoms with van der Waals surface area (Å²) in [5.41, 5.74) is -5.56. The van der Waals surface area contributed by atoms with Gasteiger partial charge in [0.05, 0.1) is 11.1 Å². The van der Waals surface area contributed by atoms with Gasteiger partial charge in [0.15, 0.2) is 0 Å². The zero-order valence-corrected chi connectivity index (χ0v) is 10.2. The molecule has 0 aromatic heterocycles. The molecule has 1 aromatic carbocycles. The molecule has 1 N–H and O–H groups in total. The fraction of sp³-hybridized carbons (Fsp3) is 0.200. The van der Waals surface area contributed by atoms with Gasteiger partial charge >= 0.3 is 11.5 Å². The normalized spacial score (nSPS) is 11.1. The highest BCUT2D eigenvalue weighted by Crippen LogP contribution is 2.41. The van der Waals surface area contributed by atoms with Crippen molar-refractivity contribution in [2.45, 2.75) is 16.3 Å². The van der Waals surface area contributed by atoms with Crippen molar-refractivity contribution in [1.82, 2.24) is 0 Å². The fourth-order valence-electron chi connectivity index (χ4n) is 1.28. The Morgan fingerprint density at radius 1 is 1.50 bits per heavy atom. The van der Waals surface area contributed by atoms with Crippen LogP contribution in [0, 0.1) is 11.3 Å². The number of halogens is 4. The zero-order chi connectivity index (χ0) is 13.9. The largest absolute Gasteiger partial charge is 0.478 e. The van der Waals surface area contributed by atoms with Gasteiger partial charge in [-0.2, -0.15) is 18.4 Å². The van der Waals surface area contributed by atoms with Gasteiger partial charge < -0.3 is 5.11 Å². The molecule has 0 aliphatic heterocycles. The summed E-state index contributed by atoms with van der Waals surface area (Å²) in [6.07, 6.45) is 0. The number of carbonyl (C=O) groups is 1. The van der Waals surface area contributed by atoms with E-state index in [1.807, 2.05) is 0 Å². The maximum atomic E-state index is 12.4. The lowest BCUT2D eigenvalue weighted by molar-refractivity contribution is -0.0328. The third kappa shape index (κ3) is 3.31. The van der Waals surface area contributed by atoms with Crippen LogP contribution in [0.15, 0.2) is 17.0 Å². The Morgan fingerprint density at radius 3 is 2.50 bits per heavy atom. The molecular weight excluding hydrogens is 291 g/mol. The Hall–Kier alpha value is -1.39. The lowest BCUT2D eigenvalue weighted by Gasteiger charge is -2.12. The van der Waals surface area contributed by atoms with Gasteiger partial charge in [0, 0.05) is 10.8 Å². The van der Waals surface area contributed by atoms with Gasteiger partial charge in [0.2, 0.25) is 0 Å². The number of rotatable bonds is 3. The highest BCUT2D eigenvalue weighted by molar-refractivity contribution is 8.00. The lowest BCUT2D eigenvalue weighted by Crippen LogP contribution is -2.09. The second kappa shape index (κ2) is 5.50. The van der Waals surface area contributed by atoms with Crippen LogP contribution in [-0.4, -0.2) is 16.6 Å². The second-order valence-electron chi connectivity index (χ2n) is 3.07. The van der Waals surface area contributed by atoms with Gasteiger partial charge in [-0.1, -0.05) is 6.07 Å². The third-order valence-corrected chi connectivity index (χ3v) is 3.09. The Bertz CT molecular complexity index is 525. The minimum absolute atomic E-state index is 0.0370. The van der Waals surface area contributed by atoms with E-state index in [2.05, 4.69) is 0 Å². The number of carboxylic acids is 1. The van der Waals surface area contributed by atoms with E-state index in [1.165, 1.54) is 12.1 Å². The topological polar surface area (TPSA) is 61.1 Å². The standard InChI is InChI=1S/C10H5ClF3NO2S/c11-3-5-1-2-6(4-15)8(7(5)9(16)17)18-10(12,13)14/h1-2H,3H2,(H,16,17). The number of carboxylic acid groups (broad SMARTS) is 1. The Balaban J connectivity index is 3.52. The first-order chi connectivity index (χ1) is 8.30. The number of hydrogen-bond donors (Lipinski definition) is 1. The summed E-state index contributed by atoms with van der Waals surface area (Å²) < 4.78 is 37.1. The van der Waals surface area contributed by atoms with E-state index in [0.29, 0.717) is 0 Å². The summed E-state index contributed by atoms with van der Waals surface area (Å²) in [7, 11) is 0. The maximum Gasteiger partial charge on any atom is 0.446 e. The molecule has 96 valence electrons. The molecule has 1 aromatic rings. The van der Waals surface area contributed by atoms with Crippen molar-refractivity contribution in [2.24, 2.45) is 0 Å². The van der Waals surface area contributed by atoms with E-state index in [0.717, 1.165) is 6.07 Å². The van der Waals surface area contributed by atoms with Gasteiger partial charge in [-0.3, -0.25) is 0 Å². The van der Waals surface area contributed by atoms with Crippen molar-refractivity contribution in [2.75, 3.05) is 0 Å². The highest BCUT2D eigenvalue weighted by Gasteiger charge is 2.34. The van der Waals surface area contributed by atoms with Gasteiger partial charge in [-0.05, 0) is 23.4 Å². The van der Waals surface area contributed by atoms with Crippen molar-refractivity contribution >= 4 is 29.3 Å². The number of nitriles is 1. The van der Waals surface area contributed by atoms with Gasteiger partial charge in [-0.25, -0.2) is 4.79 Å². The van der Waals surface area contributed by atoms with E-state index < -0.39 is 33.7 Å². The number of alkyl halides is 4. The van der Waals surface area contributed by atoms with E-state index >= 15 is 0 Å². The minimum Gasteiger partial charge on any atom is -0.478 e. The molecular formula is C10H5ClF3NO2S. The van der Waals surface area contributed by atoms with Crippen LogP contribution < -0.4 is 0 Å². The van der Waals surface area contributed by atoms with Crippen LogP contribution in [0.25, 0.3) is 0 Å². The molecule has 0 saturated heterocycles. The van der Waals surface area contributed by atoms with E-state index in [4.69, 9.17) is 22.0 Å². The molecule has 3 nitrogen and oxygen atoms in total. The number of benzene rings is 1. The van der Waals surface area contributed by atoms with Crippen molar-refractivity contribution in [3.8, 4) is 6.07 Å². The molecule has 0 aliphatic rings. The van der Waals surface area contributed by atoms with Crippen LogP contribution in [-0.2, 0) is 5.88 Å². The summed E-state index contributed by atoms with van der Waals surface area (Å²) in [5, 5.41) is 17.7.